The van der Waals surface area contributed by atoms with Gasteiger partial charge in [-0.3, -0.25) is 0 Å². The lowest BCUT2D eigenvalue weighted by Crippen LogP contribution is -2.32. The van der Waals surface area contributed by atoms with Gasteiger partial charge in [0.15, 0.2) is 0 Å². The molecule has 19 heavy (non-hydrogen) atoms. The molecule has 1 rings (SSSR count). The molecule has 0 aliphatic carbocycles. The first-order valence-electron chi connectivity index (χ1n) is 6.81. The third kappa shape index (κ3) is 4.74. The second-order valence-electron chi connectivity index (χ2n) is 4.78. The van der Waals surface area contributed by atoms with E-state index in [0.717, 1.165) is 30.4 Å². The smallest absolute Gasteiger partial charge is 0.134 e. The molecule has 5 nitrogen and oxygen atoms in total. The number of hydrogen-bond donors (Lipinski definition) is 1. The minimum absolute atomic E-state index is 0.307. The van der Waals surface area contributed by atoms with Crippen LogP contribution in [0.4, 0.5) is 11.6 Å². The van der Waals surface area contributed by atoms with Crippen molar-refractivity contribution < 1.29 is 0 Å². The van der Waals surface area contributed by atoms with Crippen molar-refractivity contribution in [3.8, 4) is 6.07 Å². The highest BCUT2D eigenvalue weighted by Crippen LogP contribution is 2.18. The Kier molecular flexibility index (Phi) is 6.07. The van der Waals surface area contributed by atoms with E-state index < -0.39 is 0 Å². The van der Waals surface area contributed by atoms with Crippen molar-refractivity contribution >= 4 is 11.6 Å². The molecule has 1 N–H and O–H groups in total. The Morgan fingerprint density at radius 3 is 2.74 bits per heavy atom. The van der Waals surface area contributed by atoms with E-state index >= 15 is 0 Å². The predicted octanol–water partition coefficient (Wildman–Crippen LogP) is 2.74. The fraction of sp³-hybridized carbons (Fsp3) is 0.643. The van der Waals surface area contributed by atoms with Gasteiger partial charge in [0.05, 0.1) is 12.5 Å². The van der Waals surface area contributed by atoms with Crippen LogP contribution in [0.5, 0.6) is 0 Å². The van der Waals surface area contributed by atoms with E-state index in [2.05, 4.69) is 47.0 Å². The summed E-state index contributed by atoms with van der Waals surface area (Å²) in [5.74, 6) is 2.49. The largest absolute Gasteiger partial charge is 0.370 e. The molecule has 0 saturated carbocycles. The van der Waals surface area contributed by atoms with Crippen LogP contribution in [0.2, 0.25) is 0 Å². The van der Waals surface area contributed by atoms with Gasteiger partial charge in [0.2, 0.25) is 0 Å². The van der Waals surface area contributed by atoms with E-state index in [1.807, 2.05) is 13.0 Å². The second kappa shape index (κ2) is 7.57. The average molecular weight is 261 g/mol. The Bertz CT molecular complexity index is 436. The van der Waals surface area contributed by atoms with Gasteiger partial charge in [-0.05, 0) is 27.2 Å². The molecule has 0 aliphatic heterocycles. The van der Waals surface area contributed by atoms with Gasteiger partial charge in [-0.15, -0.1) is 0 Å². The van der Waals surface area contributed by atoms with Crippen molar-refractivity contribution in [1.82, 2.24) is 9.97 Å². The molecule has 0 saturated heterocycles. The molecule has 0 aromatic carbocycles. The summed E-state index contributed by atoms with van der Waals surface area (Å²) in [5.41, 5.74) is 0. The minimum Gasteiger partial charge on any atom is -0.370 e. The number of nitrogens with one attached hydrogen (secondary N) is 1. The highest BCUT2D eigenvalue weighted by Gasteiger charge is 2.13. The van der Waals surface area contributed by atoms with E-state index in [9.17, 15) is 0 Å². The molecule has 0 radical (unpaired) electrons. The van der Waals surface area contributed by atoms with Crippen LogP contribution in [-0.4, -0.2) is 29.1 Å². The summed E-state index contributed by atoms with van der Waals surface area (Å²) in [6, 6.07) is 4.45. The zero-order valence-corrected chi connectivity index (χ0v) is 12.3. The number of rotatable bonds is 7. The van der Waals surface area contributed by atoms with Crippen LogP contribution in [0.1, 0.15) is 39.4 Å². The molecule has 0 bridgehead atoms. The van der Waals surface area contributed by atoms with Crippen molar-refractivity contribution in [2.75, 3.05) is 23.3 Å². The summed E-state index contributed by atoms with van der Waals surface area (Å²) >= 11 is 0. The van der Waals surface area contributed by atoms with Gasteiger partial charge in [-0.2, -0.15) is 5.26 Å². The minimum atomic E-state index is 0.307. The normalized spacial score (nSPS) is 10.3. The quantitative estimate of drug-likeness (QED) is 0.817. The van der Waals surface area contributed by atoms with Crippen molar-refractivity contribution in [1.29, 1.82) is 5.26 Å². The lowest BCUT2D eigenvalue weighted by molar-refractivity contribution is 0.674. The molecule has 1 heterocycles. The zero-order valence-electron chi connectivity index (χ0n) is 12.3. The van der Waals surface area contributed by atoms with Crippen molar-refractivity contribution in [2.45, 2.75) is 46.6 Å². The Morgan fingerprint density at radius 2 is 2.16 bits per heavy atom. The highest BCUT2D eigenvalue weighted by atomic mass is 15.2. The number of aryl methyl sites for hydroxylation is 1. The van der Waals surface area contributed by atoms with E-state index in [-0.39, 0.29) is 0 Å². The molecule has 0 amide bonds. The third-order valence-corrected chi connectivity index (χ3v) is 2.76. The van der Waals surface area contributed by atoms with Crippen LogP contribution in [0.25, 0.3) is 0 Å². The Labute approximate surface area is 115 Å². The number of hydrogen-bond acceptors (Lipinski definition) is 5. The first-order valence-corrected chi connectivity index (χ1v) is 6.81. The summed E-state index contributed by atoms with van der Waals surface area (Å²) in [4.78, 5) is 11.0. The molecule has 0 fully saturated rings. The van der Waals surface area contributed by atoms with Crippen molar-refractivity contribution in [3.05, 3.63) is 11.9 Å². The van der Waals surface area contributed by atoms with Gasteiger partial charge in [0.25, 0.3) is 0 Å². The second-order valence-corrected chi connectivity index (χ2v) is 4.78. The van der Waals surface area contributed by atoms with Crippen LogP contribution in [0, 0.1) is 18.3 Å². The molecular formula is C14H23N5. The Balaban J connectivity index is 2.95. The first-order chi connectivity index (χ1) is 9.08. The maximum absolute atomic E-state index is 8.75. The molecule has 1 aromatic rings. The summed E-state index contributed by atoms with van der Waals surface area (Å²) in [6.45, 7) is 9.81. The third-order valence-electron chi connectivity index (χ3n) is 2.76. The monoisotopic (exact) mass is 261 g/mol. The van der Waals surface area contributed by atoms with Gasteiger partial charge >= 0.3 is 0 Å². The zero-order chi connectivity index (χ0) is 14.3. The summed E-state index contributed by atoms with van der Waals surface area (Å²) in [7, 11) is 0. The highest BCUT2D eigenvalue weighted by molar-refractivity contribution is 5.50. The van der Waals surface area contributed by atoms with Crippen LogP contribution >= 0.6 is 0 Å². The van der Waals surface area contributed by atoms with Gasteiger partial charge in [0.1, 0.15) is 17.5 Å². The van der Waals surface area contributed by atoms with Gasteiger partial charge in [-0.25, -0.2) is 9.97 Å². The van der Waals surface area contributed by atoms with Gasteiger partial charge < -0.3 is 10.2 Å². The molecule has 0 spiro atoms. The average Bonchev–Trinajstić information content (AvgIpc) is 2.36. The number of nitriles is 1. The molecular weight excluding hydrogens is 238 g/mol. The number of aromatic nitrogens is 2. The van der Waals surface area contributed by atoms with Gasteiger partial charge in [-0.1, -0.05) is 6.92 Å². The summed E-state index contributed by atoms with van der Waals surface area (Å²) in [5, 5.41) is 12.0. The topological polar surface area (TPSA) is 64.8 Å². The molecule has 1 aromatic heterocycles. The molecule has 5 heteroatoms. The number of anilines is 2. The first kappa shape index (κ1) is 15.2. The summed E-state index contributed by atoms with van der Waals surface area (Å²) < 4.78 is 0. The SMILES string of the molecule is CCCNc1cc(N(CCC#N)C(C)C)nc(C)n1. The van der Waals surface area contributed by atoms with E-state index in [0.29, 0.717) is 19.0 Å². The maximum atomic E-state index is 8.75. The molecule has 0 unspecified atom stereocenters. The fourth-order valence-electron chi connectivity index (χ4n) is 1.85. The summed E-state index contributed by atoms with van der Waals surface area (Å²) in [6.07, 6.45) is 1.56. The van der Waals surface area contributed by atoms with E-state index in [1.54, 1.807) is 0 Å². The molecule has 104 valence electrons. The lowest BCUT2D eigenvalue weighted by atomic mass is 10.3. The fourth-order valence-corrected chi connectivity index (χ4v) is 1.85. The predicted molar refractivity (Wildman–Crippen MR) is 78.3 cm³/mol. The van der Waals surface area contributed by atoms with Gasteiger partial charge in [0, 0.05) is 25.2 Å². The van der Waals surface area contributed by atoms with E-state index in [1.165, 1.54) is 0 Å². The Hall–Kier alpha value is -1.83. The Morgan fingerprint density at radius 1 is 1.42 bits per heavy atom. The van der Waals surface area contributed by atoms with Crippen LogP contribution in [-0.2, 0) is 0 Å². The van der Waals surface area contributed by atoms with Crippen LogP contribution in [0.15, 0.2) is 6.07 Å². The maximum Gasteiger partial charge on any atom is 0.134 e. The standard InChI is InChI=1S/C14H23N5/c1-5-8-16-13-10-14(18-12(4)17-13)19(11(2)3)9-6-7-15/h10-11H,5-6,8-9H2,1-4H3,(H,16,17,18). The number of nitrogens with zero attached hydrogens (tertiary/aromatic N) is 4. The molecule has 0 atom stereocenters. The van der Waals surface area contributed by atoms with Crippen LogP contribution in [0.3, 0.4) is 0 Å². The van der Waals surface area contributed by atoms with Crippen LogP contribution < -0.4 is 10.2 Å². The van der Waals surface area contributed by atoms with Crippen molar-refractivity contribution in [3.63, 3.8) is 0 Å². The van der Waals surface area contributed by atoms with Crippen molar-refractivity contribution in [2.24, 2.45) is 0 Å². The molecule has 0 aliphatic rings. The lowest BCUT2D eigenvalue weighted by Gasteiger charge is -2.27. The van der Waals surface area contributed by atoms with E-state index in [4.69, 9.17) is 5.26 Å².